The number of sulfone groups is 2. The van der Waals surface area contributed by atoms with Crippen LogP contribution < -0.4 is 0 Å². The zero-order valence-electron chi connectivity index (χ0n) is 23.0. The standard InChI is InChI=1S/C37H26O4S2/c38-42(39,29-11-3-1-4-12-29)31-23-19-27(20-24-31)37(35-17-9-7-15-33(35)34-16-8-10-18-36(34)37)28-21-25-32(26-22-28)43(40,41)30-13-5-2-6-14-30/h1-26H. The molecule has 0 unspecified atom stereocenters. The van der Waals surface area contributed by atoms with Gasteiger partial charge >= 0.3 is 0 Å². The van der Waals surface area contributed by atoms with Crippen molar-refractivity contribution in [1.82, 2.24) is 0 Å². The van der Waals surface area contributed by atoms with Crippen LogP contribution in [0.4, 0.5) is 0 Å². The molecule has 6 aromatic carbocycles. The second-order valence-corrected chi connectivity index (χ2v) is 14.4. The first-order chi connectivity index (χ1) is 20.8. The second kappa shape index (κ2) is 10.2. The number of benzene rings is 6. The summed E-state index contributed by atoms with van der Waals surface area (Å²) in [6, 6.07) is 47.4. The number of hydrogen-bond acceptors (Lipinski definition) is 4. The van der Waals surface area contributed by atoms with Crippen molar-refractivity contribution < 1.29 is 16.8 Å². The van der Waals surface area contributed by atoms with E-state index in [1.807, 2.05) is 48.5 Å². The van der Waals surface area contributed by atoms with E-state index in [4.69, 9.17) is 0 Å². The molecule has 0 saturated carbocycles. The van der Waals surface area contributed by atoms with E-state index < -0.39 is 25.1 Å². The van der Waals surface area contributed by atoms with E-state index in [2.05, 4.69) is 24.3 Å². The molecule has 4 nitrogen and oxygen atoms in total. The van der Waals surface area contributed by atoms with E-state index in [0.717, 1.165) is 33.4 Å². The molecule has 0 heterocycles. The summed E-state index contributed by atoms with van der Waals surface area (Å²) in [5.41, 5.74) is 5.24. The van der Waals surface area contributed by atoms with Crippen LogP contribution in [0, 0.1) is 0 Å². The van der Waals surface area contributed by atoms with Crippen LogP contribution in [0.25, 0.3) is 11.1 Å². The Morgan fingerprint density at radius 1 is 0.326 bits per heavy atom. The van der Waals surface area contributed by atoms with Crippen LogP contribution in [0.1, 0.15) is 22.3 Å². The third-order valence-corrected chi connectivity index (χ3v) is 11.8. The van der Waals surface area contributed by atoms with Crippen LogP contribution in [0.5, 0.6) is 0 Å². The third kappa shape index (κ3) is 4.17. The van der Waals surface area contributed by atoms with Crippen molar-refractivity contribution in [2.24, 2.45) is 0 Å². The zero-order chi connectivity index (χ0) is 29.7. The van der Waals surface area contributed by atoms with Crippen molar-refractivity contribution in [1.29, 1.82) is 0 Å². The molecule has 0 N–H and O–H groups in total. The van der Waals surface area contributed by atoms with Gasteiger partial charge in [-0.15, -0.1) is 0 Å². The van der Waals surface area contributed by atoms with Gasteiger partial charge < -0.3 is 0 Å². The lowest BCUT2D eigenvalue weighted by atomic mass is 9.68. The van der Waals surface area contributed by atoms with E-state index in [1.165, 1.54) is 0 Å². The maximum absolute atomic E-state index is 13.4. The molecule has 210 valence electrons. The molecule has 6 heteroatoms. The first-order valence-corrected chi connectivity index (χ1v) is 16.8. The molecule has 0 spiro atoms. The summed E-state index contributed by atoms with van der Waals surface area (Å²) in [5.74, 6) is 0. The van der Waals surface area contributed by atoms with Crippen molar-refractivity contribution in [2.75, 3.05) is 0 Å². The number of hydrogen-bond donors (Lipinski definition) is 0. The molecule has 1 aliphatic rings. The summed E-state index contributed by atoms with van der Waals surface area (Å²) in [6.07, 6.45) is 0. The Morgan fingerprint density at radius 3 is 1.00 bits per heavy atom. The number of fused-ring (bicyclic) bond motifs is 3. The zero-order valence-corrected chi connectivity index (χ0v) is 24.6. The predicted molar refractivity (Wildman–Crippen MR) is 168 cm³/mol. The second-order valence-electron chi connectivity index (χ2n) is 10.5. The monoisotopic (exact) mass is 598 g/mol. The molecule has 0 atom stereocenters. The molecule has 0 fully saturated rings. The Hall–Kier alpha value is -4.78. The summed E-state index contributed by atoms with van der Waals surface area (Å²) < 4.78 is 53.6. The lowest BCUT2D eigenvalue weighted by Crippen LogP contribution is -2.28. The Balaban J connectivity index is 1.43. The Labute approximate surface area is 251 Å². The summed E-state index contributed by atoms with van der Waals surface area (Å²) >= 11 is 0. The van der Waals surface area contributed by atoms with Crippen LogP contribution in [-0.4, -0.2) is 16.8 Å². The number of rotatable bonds is 6. The fourth-order valence-corrected chi connectivity index (χ4v) is 8.83. The third-order valence-electron chi connectivity index (χ3n) is 8.25. The maximum Gasteiger partial charge on any atom is 0.206 e. The van der Waals surface area contributed by atoms with Crippen molar-refractivity contribution in [3.8, 4) is 11.1 Å². The van der Waals surface area contributed by atoms with Gasteiger partial charge in [0, 0.05) is 0 Å². The normalized spacial score (nSPS) is 13.7. The van der Waals surface area contributed by atoms with E-state index in [1.54, 1.807) is 84.9 Å². The summed E-state index contributed by atoms with van der Waals surface area (Å²) in [4.78, 5) is 0.899. The Morgan fingerprint density at radius 2 is 0.628 bits per heavy atom. The molecule has 43 heavy (non-hydrogen) atoms. The predicted octanol–water partition coefficient (Wildman–Crippen LogP) is 7.72. The van der Waals surface area contributed by atoms with E-state index in [0.29, 0.717) is 0 Å². The van der Waals surface area contributed by atoms with E-state index in [9.17, 15) is 16.8 Å². The lowest BCUT2D eigenvalue weighted by molar-refractivity contribution is 0.594. The molecular weight excluding hydrogens is 573 g/mol. The minimum atomic E-state index is -3.70. The minimum Gasteiger partial charge on any atom is -0.219 e. The molecule has 0 radical (unpaired) electrons. The quantitative estimate of drug-likeness (QED) is 0.197. The molecule has 0 saturated heterocycles. The Kier molecular flexibility index (Phi) is 6.42. The Bertz CT molecular complexity index is 2010. The smallest absolute Gasteiger partial charge is 0.206 e. The fraction of sp³-hybridized carbons (Fsp3) is 0.0270. The summed E-state index contributed by atoms with van der Waals surface area (Å²) in [7, 11) is -7.40. The lowest BCUT2D eigenvalue weighted by Gasteiger charge is -2.34. The van der Waals surface area contributed by atoms with Gasteiger partial charge in [-0.25, -0.2) is 16.8 Å². The van der Waals surface area contributed by atoms with Gasteiger partial charge in [-0.1, -0.05) is 109 Å². The highest BCUT2D eigenvalue weighted by Crippen LogP contribution is 2.56. The molecule has 0 amide bonds. The van der Waals surface area contributed by atoms with Gasteiger partial charge in [-0.05, 0) is 81.9 Å². The highest BCUT2D eigenvalue weighted by Gasteiger charge is 2.46. The summed E-state index contributed by atoms with van der Waals surface area (Å²) in [5, 5.41) is 0. The average molecular weight is 599 g/mol. The van der Waals surface area contributed by atoms with Crippen LogP contribution in [0.3, 0.4) is 0 Å². The summed E-state index contributed by atoms with van der Waals surface area (Å²) in [6.45, 7) is 0. The van der Waals surface area contributed by atoms with Gasteiger partial charge in [-0.2, -0.15) is 0 Å². The van der Waals surface area contributed by atoms with Gasteiger partial charge in [-0.3, -0.25) is 0 Å². The van der Waals surface area contributed by atoms with E-state index in [-0.39, 0.29) is 19.6 Å². The van der Waals surface area contributed by atoms with Gasteiger partial charge in [0.05, 0.1) is 25.0 Å². The molecule has 0 aliphatic heterocycles. The van der Waals surface area contributed by atoms with Crippen molar-refractivity contribution >= 4 is 19.7 Å². The highest BCUT2D eigenvalue weighted by atomic mass is 32.2. The van der Waals surface area contributed by atoms with Crippen molar-refractivity contribution in [2.45, 2.75) is 25.0 Å². The van der Waals surface area contributed by atoms with Crippen LogP contribution >= 0.6 is 0 Å². The highest BCUT2D eigenvalue weighted by molar-refractivity contribution is 7.91. The first-order valence-electron chi connectivity index (χ1n) is 13.9. The molecular formula is C37H26O4S2. The van der Waals surface area contributed by atoms with Crippen LogP contribution in [-0.2, 0) is 25.1 Å². The van der Waals surface area contributed by atoms with Crippen LogP contribution in [0.15, 0.2) is 177 Å². The first kappa shape index (κ1) is 27.1. The molecule has 1 aliphatic carbocycles. The topological polar surface area (TPSA) is 68.3 Å². The molecule has 0 aromatic heterocycles. The molecule has 6 aromatic rings. The van der Waals surface area contributed by atoms with Gasteiger partial charge in [0.15, 0.2) is 0 Å². The SMILES string of the molecule is O=S(=O)(c1ccccc1)c1ccc(C2(c3ccc(S(=O)(=O)c4ccccc4)cc3)c3ccccc3-c3ccccc32)cc1. The van der Waals surface area contributed by atoms with E-state index >= 15 is 0 Å². The van der Waals surface area contributed by atoms with Gasteiger partial charge in [0.25, 0.3) is 0 Å². The van der Waals surface area contributed by atoms with Gasteiger partial charge in [0.1, 0.15) is 0 Å². The molecule has 7 rings (SSSR count). The fourth-order valence-electron chi connectivity index (χ4n) is 6.26. The van der Waals surface area contributed by atoms with Crippen LogP contribution in [0.2, 0.25) is 0 Å². The molecule has 0 bridgehead atoms. The van der Waals surface area contributed by atoms with Gasteiger partial charge in [0.2, 0.25) is 19.7 Å². The maximum atomic E-state index is 13.4. The largest absolute Gasteiger partial charge is 0.219 e. The van der Waals surface area contributed by atoms with Crippen molar-refractivity contribution in [3.05, 3.63) is 180 Å². The minimum absolute atomic E-state index is 0.210. The average Bonchev–Trinajstić information content (AvgIpc) is 3.37. The van der Waals surface area contributed by atoms with Crippen molar-refractivity contribution in [3.63, 3.8) is 0 Å².